The van der Waals surface area contributed by atoms with E-state index in [9.17, 15) is 18.7 Å². The van der Waals surface area contributed by atoms with Crippen LogP contribution in [0.2, 0.25) is 0 Å². The predicted octanol–water partition coefficient (Wildman–Crippen LogP) is 3.75. The molecule has 3 aliphatic rings. The standard InChI is InChI=1S/C28H26F2N6O3/c1-27(31)12-28(38,13-27)25-32-10-15(11-33-25)14-6-7-36-18(8-14)22-17-9-19(23(22)34-36)35(2)24(37)16-4-3-5-20(21(16)17)39-26(29)30/h3-8,10-11,17,19,26,38H,9,12-13,31H2,1-2H3/t17-,19-,27?,28?/m1/s1/i2D3. The van der Waals surface area contributed by atoms with Gasteiger partial charge in [-0.1, -0.05) is 6.07 Å². The van der Waals surface area contributed by atoms with Crippen LogP contribution < -0.4 is 10.5 Å². The van der Waals surface area contributed by atoms with Crippen LogP contribution in [0.3, 0.4) is 0 Å². The van der Waals surface area contributed by atoms with Gasteiger partial charge in [0.2, 0.25) is 0 Å². The average molecular weight is 536 g/mol. The molecule has 9 nitrogen and oxygen atoms in total. The number of alkyl halides is 2. The summed E-state index contributed by atoms with van der Waals surface area (Å²) in [6.45, 7) is -4.08. The van der Waals surface area contributed by atoms with Gasteiger partial charge in [-0.15, -0.1) is 0 Å². The number of hydrogen-bond donors (Lipinski definition) is 2. The van der Waals surface area contributed by atoms with Crippen LogP contribution in [0.15, 0.2) is 48.9 Å². The molecule has 39 heavy (non-hydrogen) atoms. The van der Waals surface area contributed by atoms with Crippen molar-refractivity contribution in [2.75, 3.05) is 6.98 Å². The number of benzene rings is 1. The summed E-state index contributed by atoms with van der Waals surface area (Å²) in [4.78, 5) is 23.2. The molecule has 4 heterocycles. The fraction of sp³-hybridized carbons (Fsp3) is 0.357. The molecule has 7 rings (SSSR count). The third-order valence-corrected chi connectivity index (χ3v) is 8.01. The molecule has 1 aromatic carbocycles. The summed E-state index contributed by atoms with van der Waals surface area (Å²) in [5, 5.41) is 15.5. The number of hydrogen-bond acceptors (Lipinski definition) is 7. The van der Waals surface area contributed by atoms with Gasteiger partial charge in [0.25, 0.3) is 5.91 Å². The lowest BCUT2D eigenvalue weighted by Crippen LogP contribution is -2.58. The molecular formula is C28H26F2N6O3. The molecule has 3 aromatic heterocycles. The second kappa shape index (κ2) is 8.03. The van der Waals surface area contributed by atoms with Gasteiger partial charge in [0, 0.05) is 76.2 Å². The number of halogens is 2. The molecule has 0 saturated heterocycles. The highest BCUT2D eigenvalue weighted by Gasteiger charge is 2.52. The molecular weight excluding hydrogens is 506 g/mol. The van der Waals surface area contributed by atoms with Crippen molar-refractivity contribution in [2.45, 2.75) is 55.9 Å². The molecule has 3 N–H and O–H groups in total. The molecule has 0 spiro atoms. The van der Waals surface area contributed by atoms with E-state index in [1.165, 1.54) is 18.2 Å². The number of aromatic nitrogens is 4. The Kier molecular flexibility index (Phi) is 4.31. The molecule has 200 valence electrons. The first-order chi connectivity index (χ1) is 19.8. The smallest absolute Gasteiger partial charge is 0.387 e. The molecule has 2 atom stereocenters. The quantitative estimate of drug-likeness (QED) is 0.409. The zero-order valence-corrected chi connectivity index (χ0v) is 20.8. The zero-order chi connectivity index (χ0) is 29.8. The minimum atomic E-state index is -3.14. The van der Waals surface area contributed by atoms with Crippen molar-refractivity contribution >= 4 is 11.4 Å². The second-order valence-electron chi connectivity index (χ2n) is 11.0. The molecule has 2 bridgehead atoms. The summed E-state index contributed by atoms with van der Waals surface area (Å²) in [5.74, 6) is -1.30. The third kappa shape index (κ3) is 3.56. The first-order valence-electron chi connectivity index (χ1n) is 14.0. The van der Waals surface area contributed by atoms with Crippen molar-refractivity contribution in [3.8, 4) is 16.9 Å². The van der Waals surface area contributed by atoms with Crippen molar-refractivity contribution in [1.29, 1.82) is 0 Å². The first-order valence-corrected chi connectivity index (χ1v) is 12.5. The van der Waals surface area contributed by atoms with E-state index < -0.39 is 42.6 Å². The van der Waals surface area contributed by atoms with Crippen molar-refractivity contribution < 1.29 is 27.5 Å². The maximum Gasteiger partial charge on any atom is 0.387 e. The highest BCUT2D eigenvalue weighted by atomic mass is 19.3. The minimum absolute atomic E-state index is 0.00410. The largest absolute Gasteiger partial charge is 0.434 e. The monoisotopic (exact) mass is 535 g/mol. The van der Waals surface area contributed by atoms with E-state index in [1.807, 2.05) is 13.0 Å². The summed E-state index contributed by atoms with van der Waals surface area (Å²) < 4.78 is 57.7. The minimum Gasteiger partial charge on any atom is -0.434 e. The van der Waals surface area contributed by atoms with Crippen molar-refractivity contribution in [2.24, 2.45) is 5.73 Å². The average Bonchev–Trinajstić information content (AvgIpc) is 3.39. The van der Waals surface area contributed by atoms with E-state index in [0.29, 0.717) is 41.0 Å². The van der Waals surface area contributed by atoms with E-state index in [1.54, 1.807) is 29.2 Å². The molecule has 0 radical (unpaired) electrons. The van der Waals surface area contributed by atoms with Gasteiger partial charge < -0.3 is 20.5 Å². The number of pyridine rings is 1. The van der Waals surface area contributed by atoms with E-state index in [0.717, 1.165) is 10.5 Å². The number of rotatable bonds is 4. The Morgan fingerprint density at radius 1 is 1.21 bits per heavy atom. The summed E-state index contributed by atoms with van der Waals surface area (Å²) in [5.41, 5.74) is 7.67. The number of ether oxygens (including phenoxy) is 1. The van der Waals surface area contributed by atoms with Crippen molar-refractivity contribution in [3.05, 3.63) is 77.1 Å². The second-order valence-corrected chi connectivity index (χ2v) is 11.0. The number of aliphatic hydroxyl groups is 1. The van der Waals surface area contributed by atoms with Crippen LogP contribution in [0.5, 0.6) is 5.75 Å². The fourth-order valence-electron chi connectivity index (χ4n) is 6.53. The molecule has 11 heteroatoms. The normalized spacial score (nSPS) is 28.8. The summed E-state index contributed by atoms with van der Waals surface area (Å²) in [6.07, 6.45) is 5.77. The Hall–Kier alpha value is -3.96. The SMILES string of the molecule is [2H]C([2H])([2H])N1C(=O)c2cccc(OC(F)F)c2[C@H]2C[C@@H]1c1nn3ccc(-c4cnc(C5(O)CC(C)(N)C5)nc4)cc3c12. The summed E-state index contributed by atoms with van der Waals surface area (Å²) in [6, 6.07) is 6.92. The Balaban J connectivity index is 1.36. The number of nitrogens with two attached hydrogens (primary N) is 1. The highest BCUT2D eigenvalue weighted by Crippen LogP contribution is 2.53. The van der Waals surface area contributed by atoms with Gasteiger partial charge in [-0.25, -0.2) is 14.5 Å². The van der Waals surface area contributed by atoms with Crippen LogP contribution in [0.4, 0.5) is 8.78 Å². The topological polar surface area (TPSA) is 119 Å². The molecule has 2 aliphatic carbocycles. The van der Waals surface area contributed by atoms with E-state index in [2.05, 4.69) is 15.1 Å². The zero-order valence-electron chi connectivity index (χ0n) is 23.8. The van der Waals surface area contributed by atoms with Crippen LogP contribution in [0, 0.1) is 0 Å². The van der Waals surface area contributed by atoms with Gasteiger partial charge in [0.1, 0.15) is 11.4 Å². The number of carbonyl (C=O) groups is 1. The van der Waals surface area contributed by atoms with Crippen molar-refractivity contribution in [3.63, 3.8) is 0 Å². The van der Waals surface area contributed by atoms with Crippen LogP contribution >= 0.6 is 0 Å². The Morgan fingerprint density at radius 3 is 2.67 bits per heavy atom. The lowest BCUT2D eigenvalue weighted by molar-refractivity contribution is -0.0934. The lowest BCUT2D eigenvalue weighted by Gasteiger charge is -2.48. The Morgan fingerprint density at radius 2 is 1.97 bits per heavy atom. The predicted molar refractivity (Wildman–Crippen MR) is 136 cm³/mol. The molecule has 1 aliphatic heterocycles. The van der Waals surface area contributed by atoms with Gasteiger partial charge in [-0.3, -0.25) is 4.79 Å². The Bertz CT molecular complexity index is 1750. The van der Waals surface area contributed by atoms with E-state index in [-0.39, 0.29) is 23.3 Å². The number of amides is 1. The maximum absolute atomic E-state index is 13.6. The first kappa shape index (κ1) is 20.9. The summed E-state index contributed by atoms with van der Waals surface area (Å²) >= 11 is 0. The number of fused-ring (bicyclic) bond motifs is 9. The fourth-order valence-corrected chi connectivity index (χ4v) is 6.53. The van der Waals surface area contributed by atoms with Gasteiger partial charge >= 0.3 is 6.61 Å². The molecule has 1 amide bonds. The molecule has 0 unspecified atom stereocenters. The van der Waals surface area contributed by atoms with Crippen molar-refractivity contribution in [1.82, 2.24) is 24.5 Å². The Labute approximate surface area is 226 Å². The maximum atomic E-state index is 13.6. The number of nitrogens with zero attached hydrogens (tertiary/aromatic N) is 5. The number of carbonyl (C=O) groups excluding carboxylic acids is 1. The van der Waals surface area contributed by atoms with Crippen LogP contribution in [0.25, 0.3) is 16.6 Å². The van der Waals surface area contributed by atoms with Gasteiger partial charge in [-0.2, -0.15) is 13.9 Å². The van der Waals surface area contributed by atoms with Crippen LogP contribution in [-0.4, -0.2) is 54.6 Å². The highest BCUT2D eigenvalue weighted by molar-refractivity contribution is 5.98. The molecule has 1 fully saturated rings. The van der Waals surface area contributed by atoms with Gasteiger partial charge in [0.15, 0.2) is 5.82 Å². The van der Waals surface area contributed by atoms with Gasteiger partial charge in [-0.05, 0) is 43.2 Å². The van der Waals surface area contributed by atoms with Crippen LogP contribution in [0.1, 0.15) is 75.3 Å². The van der Waals surface area contributed by atoms with Crippen LogP contribution in [-0.2, 0) is 5.60 Å². The summed E-state index contributed by atoms with van der Waals surface area (Å²) in [7, 11) is 0. The van der Waals surface area contributed by atoms with Gasteiger partial charge in [0.05, 0.1) is 17.3 Å². The molecule has 1 saturated carbocycles. The third-order valence-electron chi connectivity index (χ3n) is 8.01. The van der Waals surface area contributed by atoms with E-state index in [4.69, 9.17) is 14.6 Å². The van der Waals surface area contributed by atoms with E-state index >= 15 is 0 Å². The molecule has 4 aromatic rings. The lowest BCUT2D eigenvalue weighted by atomic mass is 9.66.